The number of benzene rings is 1. The SMILES string of the molecule is Cc1cc(C=C(CNC(=O)OCc2ccccc2)B2OC(C)(C)C(C)(C)O2)cnc1Cl. The van der Waals surface area contributed by atoms with Gasteiger partial charge in [-0.05, 0) is 62.8 Å². The van der Waals surface area contributed by atoms with Crippen LogP contribution in [0.5, 0.6) is 0 Å². The van der Waals surface area contributed by atoms with Gasteiger partial charge in [0, 0.05) is 12.7 Å². The zero-order valence-corrected chi connectivity index (χ0v) is 19.3. The Hall–Kier alpha value is -2.35. The molecule has 0 spiro atoms. The smallest absolute Gasteiger partial charge is 0.445 e. The standard InChI is InChI=1S/C23H28BClN2O4/c1-16-11-18(13-26-20(16)25)12-19(24-30-22(2,3)23(4,5)31-24)14-27-21(28)29-15-17-9-7-6-8-10-17/h6-13H,14-15H2,1-5H3,(H,27,28). The third-order valence-corrected chi connectivity index (χ3v) is 5.99. The highest BCUT2D eigenvalue weighted by atomic mass is 35.5. The van der Waals surface area contributed by atoms with Gasteiger partial charge in [-0.2, -0.15) is 0 Å². The zero-order chi connectivity index (χ0) is 22.6. The molecule has 0 radical (unpaired) electrons. The van der Waals surface area contributed by atoms with Gasteiger partial charge in [-0.3, -0.25) is 0 Å². The van der Waals surface area contributed by atoms with Gasteiger partial charge >= 0.3 is 13.2 Å². The van der Waals surface area contributed by atoms with Gasteiger partial charge in [0.2, 0.25) is 0 Å². The van der Waals surface area contributed by atoms with Gasteiger partial charge in [-0.1, -0.05) is 48.0 Å². The Morgan fingerprint density at radius 3 is 2.45 bits per heavy atom. The number of hydrogen-bond acceptors (Lipinski definition) is 5. The molecule has 31 heavy (non-hydrogen) atoms. The number of aryl methyl sites for hydroxylation is 1. The zero-order valence-electron chi connectivity index (χ0n) is 18.6. The van der Waals surface area contributed by atoms with E-state index in [9.17, 15) is 4.79 Å². The van der Waals surface area contributed by atoms with E-state index in [0.29, 0.717) is 5.15 Å². The Labute approximate surface area is 189 Å². The highest BCUT2D eigenvalue weighted by Gasteiger charge is 2.52. The number of carbonyl (C=O) groups is 1. The second-order valence-electron chi connectivity index (χ2n) is 8.60. The summed E-state index contributed by atoms with van der Waals surface area (Å²) in [6, 6.07) is 11.4. The first-order chi connectivity index (χ1) is 14.6. The van der Waals surface area contributed by atoms with Crippen molar-refractivity contribution in [1.82, 2.24) is 10.3 Å². The summed E-state index contributed by atoms with van der Waals surface area (Å²) in [6.45, 7) is 10.2. The first kappa shape index (κ1) is 23.3. The van der Waals surface area contributed by atoms with E-state index in [1.807, 2.05) is 77.1 Å². The van der Waals surface area contributed by atoms with Crippen LogP contribution < -0.4 is 5.32 Å². The summed E-state index contributed by atoms with van der Waals surface area (Å²) in [4.78, 5) is 16.5. The van der Waals surface area contributed by atoms with Crippen LogP contribution in [-0.2, 0) is 20.7 Å². The highest BCUT2D eigenvalue weighted by Crippen LogP contribution is 2.38. The number of rotatable bonds is 6. The Kier molecular flexibility index (Phi) is 7.09. The van der Waals surface area contributed by atoms with E-state index in [2.05, 4.69) is 10.3 Å². The fourth-order valence-electron chi connectivity index (χ4n) is 3.02. The third kappa shape index (κ3) is 5.88. The molecule has 1 aliphatic heterocycles. The molecule has 2 aromatic rings. The van der Waals surface area contributed by atoms with E-state index >= 15 is 0 Å². The van der Waals surface area contributed by atoms with E-state index in [1.54, 1.807) is 6.20 Å². The quantitative estimate of drug-likeness (QED) is 0.504. The van der Waals surface area contributed by atoms with Crippen LogP contribution >= 0.6 is 11.6 Å². The van der Waals surface area contributed by atoms with Crippen molar-refractivity contribution in [2.24, 2.45) is 0 Å². The average Bonchev–Trinajstić information content (AvgIpc) is 2.94. The van der Waals surface area contributed by atoms with Crippen LogP contribution in [0, 0.1) is 6.92 Å². The molecule has 0 atom stereocenters. The van der Waals surface area contributed by atoms with Crippen LogP contribution in [0.2, 0.25) is 5.15 Å². The van der Waals surface area contributed by atoms with Crippen molar-refractivity contribution in [3.8, 4) is 0 Å². The Bertz CT molecular complexity index is 947. The molecule has 6 nitrogen and oxygen atoms in total. The van der Waals surface area contributed by atoms with Gasteiger partial charge < -0.3 is 19.4 Å². The van der Waals surface area contributed by atoms with Crippen LogP contribution in [-0.4, -0.2) is 35.9 Å². The lowest BCUT2D eigenvalue weighted by Crippen LogP contribution is -2.41. The Morgan fingerprint density at radius 2 is 1.84 bits per heavy atom. The van der Waals surface area contributed by atoms with Crippen LogP contribution in [0.25, 0.3) is 6.08 Å². The minimum atomic E-state index is -0.615. The molecular formula is C23H28BClN2O4. The Morgan fingerprint density at radius 1 is 1.19 bits per heavy atom. The fraction of sp³-hybridized carbons (Fsp3) is 0.391. The van der Waals surface area contributed by atoms with Crippen molar-refractivity contribution in [1.29, 1.82) is 0 Å². The van der Waals surface area contributed by atoms with Crippen molar-refractivity contribution < 1.29 is 18.8 Å². The number of nitrogens with one attached hydrogen (secondary N) is 1. The number of carbonyl (C=O) groups excluding carboxylic acids is 1. The van der Waals surface area contributed by atoms with E-state index in [0.717, 1.165) is 22.2 Å². The van der Waals surface area contributed by atoms with Gasteiger partial charge in [0.15, 0.2) is 0 Å². The summed E-state index contributed by atoms with van der Waals surface area (Å²) in [7, 11) is -0.615. The van der Waals surface area contributed by atoms with E-state index in [-0.39, 0.29) is 13.2 Å². The minimum absolute atomic E-state index is 0.197. The molecule has 3 rings (SSSR count). The molecule has 1 N–H and O–H groups in total. The second-order valence-corrected chi connectivity index (χ2v) is 8.96. The summed E-state index contributed by atoms with van der Waals surface area (Å²) in [5.41, 5.74) is 2.36. The first-order valence-corrected chi connectivity index (χ1v) is 10.6. The molecule has 1 saturated heterocycles. The van der Waals surface area contributed by atoms with Crippen LogP contribution in [0.15, 0.2) is 48.1 Å². The monoisotopic (exact) mass is 442 g/mol. The lowest BCUT2D eigenvalue weighted by Gasteiger charge is -2.32. The second kappa shape index (κ2) is 9.43. The van der Waals surface area contributed by atoms with Crippen molar-refractivity contribution in [2.45, 2.75) is 52.4 Å². The lowest BCUT2D eigenvalue weighted by atomic mass is 9.77. The number of alkyl carbamates (subject to hydrolysis) is 1. The normalized spacial score (nSPS) is 17.5. The van der Waals surface area contributed by atoms with Crippen molar-refractivity contribution in [3.05, 3.63) is 69.9 Å². The molecule has 8 heteroatoms. The van der Waals surface area contributed by atoms with Gasteiger partial charge in [0.1, 0.15) is 11.8 Å². The lowest BCUT2D eigenvalue weighted by molar-refractivity contribution is 0.00578. The molecule has 2 heterocycles. The summed E-state index contributed by atoms with van der Waals surface area (Å²) >= 11 is 6.05. The summed E-state index contributed by atoms with van der Waals surface area (Å²) < 4.78 is 17.7. The predicted octanol–water partition coefficient (Wildman–Crippen LogP) is 4.98. The number of pyridine rings is 1. The molecule has 0 unspecified atom stereocenters. The maximum atomic E-state index is 12.3. The summed E-state index contributed by atoms with van der Waals surface area (Å²) in [6.07, 6.45) is 3.06. The molecule has 164 valence electrons. The maximum absolute atomic E-state index is 12.3. The molecule has 0 bridgehead atoms. The molecule has 1 fully saturated rings. The van der Waals surface area contributed by atoms with Crippen LogP contribution in [0.4, 0.5) is 4.79 Å². The molecule has 1 aromatic heterocycles. The number of hydrogen-bond donors (Lipinski definition) is 1. The Balaban J connectivity index is 1.73. The third-order valence-electron chi connectivity index (χ3n) is 5.59. The molecule has 1 aliphatic rings. The highest BCUT2D eigenvalue weighted by molar-refractivity contribution is 6.56. The maximum Gasteiger partial charge on any atom is 0.492 e. The van der Waals surface area contributed by atoms with E-state index in [1.165, 1.54) is 0 Å². The van der Waals surface area contributed by atoms with Gasteiger partial charge in [0.25, 0.3) is 0 Å². The topological polar surface area (TPSA) is 69.7 Å². The minimum Gasteiger partial charge on any atom is -0.445 e. The summed E-state index contributed by atoms with van der Waals surface area (Å²) in [5, 5.41) is 3.25. The van der Waals surface area contributed by atoms with Gasteiger partial charge in [0.05, 0.1) is 11.2 Å². The van der Waals surface area contributed by atoms with Crippen LogP contribution in [0.3, 0.4) is 0 Å². The largest absolute Gasteiger partial charge is 0.492 e. The number of ether oxygens (including phenoxy) is 1. The number of aromatic nitrogens is 1. The molecule has 0 aliphatic carbocycles. The van der Waals surface area contributed by atoms with Crippen molar-refractivity contribution >= 4 is 30.9 Å². The first-order valence-electron chi connectivity index (χ1n) is 10.2. The average molecular weight is 443 g/mol. The molecule has 1 aromatic carbocycles. The molecule has 0 saturated carbocycles. The van der Waals surface area contributed by atoms with Crippen LogP contribution in [0.1, 0.15) is 44.4 Å². The van der Waals surface area contributed by atoms with E-state index < -0.39 is 24.4 Å². The van der Waals surface area contributed by atoms with Gasteiger partial charge in [-0.15, -0.1) is 0 Å². The molecule has 1 amide bonds. The fourth-order valence-corrected chi connectivity index (χ4v) is 3.12. The van der Waals surface area contributed by atoms with E-state index in [4.69, 9.17) is 25.6 Å². The number of amides is 1. The predicted molar refractivity (Wildman–Crippen MR) is 123 cm³/mol. The summed E-state index contributed by atoms with van der Waals surface area (Å²) in [5.74, 6) is 0. The van der Waals surface area contributed by atoms with Crippen molar-refractivity contribution in [3.63, 3.8) is 0 Å². The van der Waals surface area contributed by atoms with Crippen molar-refractivity contribution in [2.75, 3.05) is 6.54 Å². The van der Waals surface area contributed by atoms with Gasteiger partial charge in [-0.25, -0.2) is 9.78 Å². The number of halogens is 1. The number of nitrogens with zero attached hydrogens (tertiary/aromatic N) is 1. The molecular weight excluding hydrogens is 415 g/mol.